The zero-order valence-corrected chi connectivity index (χ0v) is 18.2. The second-order valence-corrected chi connectivity index (χ2v) is 7.66. The van der Waals surface area contributed by atoms with Gasteiger partial charge in [-0.15, -0.1) is 23.2 Å². The number of alkyl halides is 2. The van der Waals surface area contributed by atoms with Crippen LogP contribution in [-0.2, 0) is 0 Å². The second-order valence-electron chi connectivity index (χ2n) is 6.46. The third-order valence-electron chi connectivity index (χ3n) is 4.35. The molecule has 0 bridgehead atoms. The summed E-state index contributed by atoms with van der Waals surface area (Å²) in [4.78, 5) is 19.1. The minimum atomic E-state index is -0.344. The van der Waals surface area contributed by atoms with Crippen LogP contribution in [0.15, 0.2) is 48.5 Å². The minimum absolute atomic E-state index is 0.344. The number of nitrogens with one attached hydrogen (secondary N) is 2. The molecule has 152 valence electrons. The number of carbonyl (C=O) groups is 1. The van der Waals surface area contributed by atoms with E-state index in [1.807, 2.05) is 43.3 Å². The molecule has 5 nitrogen and oxygen atoms in total. The van der Waals surface area contributed by atoms with Gasteiger partial charge >= 0.3 is 6.03 Å². The van der Waals surface area contributed by atoms with Gasteiger partial charge in [-0.05, 0) is 55.5 Å². The Kier molecular flexibility index (Phi) is 7.42. The fraction of sp³-hybridized carbons (Fsp3) is 0.238. The van der Waals surface area contributed by atoms with Gasteiger partial charge in [0.2, 0.25) is 0 Å². The number of carbonyl (C=O) groups excluding carboxylic acids is 1. The number of halogens is 3. The summed E-state index contributed by atoms with van der Waals surface area (Å²) in [6.45, 7) is 3.29. The van der Waals surface area contributed by atoms with Crippen LogP contribution in [0.2, 0.25) is 5.02 Å². The maximum Gasteiger partial charge on any atom is 0.323 e. The van der Waals surface area contributed by atoms with Crippen molar-refractivity contribution < 1.29 is 4.79 Å². The summed E-state index contributed by atoms with van der Waals surface area (Å²) in [5.41, 5.74) is 3.91. The second kappa shape index (κ2) is 10.0. The maximum atomic E-state index is 12.5. The lowest BCUT2D eigenvalue weighted by atomic mass is 10.1. The highest BCUT2D eigenvalue weighted by Gasteiger charge is 2.10. The molecule has 0 atom stereocenters. The van der Waals surface area contributed by atoms with Crippen molar-refractivity contribution in [3.05, 3.63) is 59.2 Å². The topological polar surface area (TPSA) is 57.3 Å². The van der Waals surface area contributed by atoms with Gasteiger partial charge in [-0.2, -0.15) is 0 Å². The fourth-order valence-electron chi connectivity index (χ4n) is 3.05. The first kappa shape index (κ1) is 21.5. The van der Waals surface area contributed by atoms with Crippen LogP contribution >= 0.6 is 34.8 Å². The quantitative estimate of drug-likeness (QED) is 0.425. The third kappa shape index (κ3) is 5.66. The van der Waals surface area contributed by atoms with Crippen LogP contribution < -0.4 is 15.5 Å². The van der Waals surface area contributed by atoms with E-state index in [0.717, 1.165) is 22.3 Å². The Labute approximate surface area is 185 Å². The maximum absolute atomic E-state index is 12.5. The molecule has 0 fully saturated rings. The zero-order valence-electron chi connectivity index (χ0n) is 15.9. The standard InChI is InChI=1S/C21H21Cl3N4O/c1-14-12-20(18-13-15(24)2-7-19(18)25-14)27-21(29)26-16-3-5-17(6-4-16)28(10-8-22)11-9-23/h2-7,12-13H,8-11H2,1H3,(H2,25,26,27,29). The Morgan fingerprint density at radius 3 is 2.34 bits per heavy atom. The highest BCUT2D eigenvalue weighted by Crippen LogP contribution is 2.26. The summed E-state index contributed by atoms with van der Waals surface area (Å²) in [6.07, 6.45) is 0. The number of aromatic nitrogens is 1. The van der Waals surface area contributed by atoms with Crippen molar-refractivity contribution in [2.75, 3.05) is 40.4 Å². The number of amides is 2. The molecule has 2 N–H and O–H groups in total. The Balaban J connectivity index is 1.73. The molecule has 0 aliphatic carbocycles. The molecule has 0 spiro atoms. The SMILES string of the molecule is Cc1cc(NC(=O)Nc2ccc(N(CCCl)CCCl)cc2)c2cc(Cl)ccc2n1. The van der Waals surface area contributed by atoms with E-state index in [9.17, 15) is 4.79 Å². The summed E-state index contributed by atoms with van der Waals surface area (Å²) in [5.74, 6) is 1.03. The Hall–Kier alpha value is -2.21. The number of nitrogens with zero attached hydrogens (tertiary/aromatic N) is 2. The number of fused-ring (bicyclic) bond motifs is 1. The van der Waals surface area contributed by atoms with E-state index in [1.165, 1.54) is 0 Å². The van der Waals surface area contributed by atoms with Gasteiger partial charge in [0.15, 0.2) is 0 Å². The lowest BCUT2D eigenvalue weighted by molar-refractivity contribution is 0.262. The molecular formula is C21H21Cl3N4O. The van der Waals surface area contributed by atoms with E-state index in [0.29, 0.717) is 41.2 Å². The molecule has 3 rings (SSSR count). The van der Waals surface area contributed by atoms with Gasteiger partial charge in [-0.1, -0.05) is 11.6 Å². The van der Waals surface area contributed by atoms with Crippen LogP contribution in [0.3, 0.4) is 0 Å². The average molecular weight is 452 g/mol. The molecule has 1 aromatic heterocycles. The molecule has 3 aromatic rings. The van der Waals surface area contributed by atoms with Gasteiger partial charge in [0.25, 0.3) is 0 Å². The van der Waals surface area contributed by atoms with Crippen LogP contribution in [0, 0.1) is 6.92 Å². The molecule has 0 unspecified atom stereocenters. The van der Waals surface area contributed by atoms with Crippen LogP contribution in [0.5, 0.6) is 0 Å². The summed E-state index contributed by atoms with van der Waals surface area (Å²) in [5, 5.41) is 7.10. The highest BCUT2D eigenvalue weighted by molar-refractivity contribution is 6.31. The Morgan fingerprint density at radius 2 is 1.69 bits per heavy atom. The summed E-state index contributed by atoms with van der Waals surface area (Å²) in [6, 6.07) is 14.4. The number of urea groups is 1. The highest BCUT2D eigenvalue weighted by atomic mass is 35.5. The number of rotatable bonds is 7. The van der Waals surface area contributed by atoms with Crippen molar-refractivity contribution >= 4 is 68.8 Å². The van der Waals surface area contributed by atoms with Crippen LogP contribution in [0.1, 0.15) is 5.69 Å². The van der Waals surface area contributed by atoms with Gasteiger partial charge in [0.1, 0.15) is 0 Å². The van der Waals surface area contributed by atoms with Gasteiger partial charge in [0.05, 0.1) is 11.2 Å². The molecule has 0 aliphatic heterocycles. The van der Waals surface area contributed by atoms with Crippen molar-refractivity contribution in [1.82, 2.24) is 4.98 Å². The van der Waals surface area contributed by atoms with E-state index in [-0.39, 0.29) is 6.03 Å². The normalized spacial score (nSPS) is 10.8. The average Bonchev–Trinajstić information content (AvgIpc) is 2.69. The van der Waals surface area contributed by atoms with Gasteiger partial charge < -0.3 is 15.5 Å². The lowest BCUT2D eigenvalue weighted by Gasteiger charge is -2.23. The first-order valence-corrected chi connectivity index (χ1v) is 10.6. The lowest BCUT2D eigenvalue weighted by Crippen LogP contribution is -2.27. The van der Waals surface area contributed by atoms with Crippen molar-refractivity contribution in [3.8, 4) is 0 Å². The Bertz CT molecular complexity index is 989. The van der Waals surface area contributed by atoms with Gasteiger partial charge in [-0.25, -0.2) is 4.79 Å². The van der Waals surface area contributed by atoms with E-state index in [1.54, 1.807) is 12.1 Å². The van der Waals surface area contributed by atoms with Crippen molar-refractivity contribution in [2.24, 2.45) is 0 Å². The molecule has 2 aromatic carbocycles. The van der Waals surface area contributed by atoms with Crippen molar-refractivity contribution in [2.45, 2.75) is 6.92 Å². The number of aryl methyl sites for hydroxylation is 1. The summed E-state index contributed by atoms with van der Waals surface area (Å²) < 4.78 is 0. The third-order valence-corrected chi connectivity index (χ3v) is 4.92. The fourth-order valence-corrected chi connectivity index (χ4v) is 3.63. The van der Waals surface area contributed by atoms with E-state index < -0.39 is 0 Å². The molecule has 1 heterocycles. The van der Waals surface area contributed by atoms with E-state index in [4.69, 9.17) is 34.8 Å². The smallest absolute Gasteiger partial charge is 0.323 e. The first-order chi connectivity index (χ1) is 14.0. The van der Waals surface area contributed by atoms with Crippen LogP contribution in [0.25, 0.3) is 10.9 Å². The molecule has 2 amide bonds. The molecule has 29 heavy (non-hydrogen) atoms. The van der Waals surface area contributed by atoms with Crippen molar-refractivity contribution in [1.29, 1.82) is 0 Å². The van der Waals surface area contributed by atoms with Crippen LogP contribution in [0.4, 0.5) is 21.9 Å². The van der Waals surface area contributed by atoms with Gasteiger partial charge in [-0.3, -0.25) is 4.98 Å². The summed E-state index contributed by atoms with van der Waals surface area (Å²) in [7, 11) is 0. The predicted molar refractivity (Wildman–Crippen MR) is 124 cm³/mol. The number of benzene rings is 2. The van der Waals surface area contributed by atoms with E-state index in [2.05, 4.69) is 20.5 Å². The van der Waals surface area contributed by atoms with E-state index >= 15 is 0 Å². The molecule has 0 aliphatic rings. The monoisotopic (exact) mass is 450 g/mol. The Morgan fingerprint density at radius 1 is 1.00 bits per heavy atom. The molecule has 0 saturated heterocycles. The zero-order chi connectivity index (χ0) is 20.8. The van der Waals surface area contributed by atoms with Crippen molar-refractivity contribution in [3.63, 3.8) is 0 Å². The number of hydrogen-bond donors (Lipinski definition) is 2. The number of anilines is 3. The molecular weight excluding hydrogens is 431 g/mol. The first-order valence-electron chi connectivity index (χ1n) is 9.12. The van der Waals surface area contributed by atoms with Gasteiger partial charge in [0, 0.05) is 52.3 Å². The predicted octanol–water partition coefficient (Wildman–Crippen LogP) is 6.12. The van der Waals surface area contributed by atoms with Crippen LogP contribution in [-0.4, -0.2) is 35.9 Å². The molecule has 8 heteroatoms. The molecule has 0 radical (unpaired) electrons. The molecule has 0 saturated carbocycles. The number of hydrogen-bond acceptors (Lipinski definition) is 3. The minimum Gasteiger partial charge on any atom is -0.369 e. The largest absolute Gasteiger partial charge is 0.369 e. The summed E-state index contributed by atoms with van der Waals surface area (Å²) >= 11 is 17.8. The number of pyridine rings is 1.